The Labute approximate surface area is 134 Å². The molecular formula is C19H42NO+. The lowest BCUT2D eigenvalue weighted by atomic mass is 10.0. The maximum absolute atomic E-state index is 9.56. The summed E-state index contributed by atoms with van der Waals surface area (Å²) in [5.74, 6) is 0. The molecule has 0 saturated carbocycles. The lowest BCUT2D eigenvalue weighted by Crippen LogP contribution is -2.36. The van der Waals surface area contributed by atoms with Gasteiger partial charge in [0.15, 0.2) is 0 Å². The molecule has 0 radical (unpaired) electrons. The summed E-state index contributed by atoms with van der Waals surface area (Å²) in [6.07, 6.45) is 20.9. The minimum Gasteiger partial charge on any atom is -0.217 e. The van der Waals surface area contributed by atoms with E-state index in [0.29, 0.717) is 0 Å². The number of unbranched alkanes of at least 4 members (excludes halogenated alkanes) is 14. The molecule has 0 aliphatic rings. The van der Waals surface area contributed by atoms with Gasteiger partial charge in [0.25, 0.3) is 0 Å². The third kappa shape index (κ3) is 19.9. The van der Waals surface area contributed by atoms with Gasteiger partial charge in [0.2, 0.25) is 0 Å². The monoisotopic (exact) mass is 300 g/mol. The highest BCUT2D eigenvalue weighted by molar-refractivity contribution is 4.49. The topological polar surface area (TPSA) is 20.2 Å². The smallest absolute Gasteiger partial charge is 0.108 e. The Morgan fingerprint density at radius 1 is 0.524 bits per heavy atom. The number of hydroxylamine groups is 3. The van der Waals surface area contributed by atoms with Gasteiger partial charge in [-0.2, -0.15) is 4.65 Å². The van der Waals surface area contributed by atoms with E-state index in [4.69, 9.17) is 0 Å². The Kier molecular flexibility index (Phi) is 14.8. The fourth-order valence-electron chi connectivity index (χ4n) is 2.87. The number of nitrogens with zero attached hydrogens (tertiary/aromatic N) is 1. The molecule has 1 N–H and O–H groups in total. The summed E-state index contributed by atoms with van der Waals surface area (Å²) in [6, 6.07) is 0. The second-order valence-corrected chi connectivity index (χ2v) is 7.29. The van der Waals surface area contributed by atoms with E-state index in [1.54, 1.807) is 0 Å². The Bertz CT molecular complexity index is 198. The normalized spacial score (nSPS) is 12.0. The van der Waals surface area contributed by atoms with Crippen LogP contribution < -0.4 is 0 Å². The molecule has 0 saturated heterocycles. The predicted octanol–water partition coefficient (Wildman–Crippen LogP) is 6.32. The second-order valence-electron chi connectivity index (χ2n) is 7.29. The highest BCUT2D eigenvalue weighted by Crippen LogP contribution is 2.13. The van der Waals surface area contributed by atoms with Crippen molar-refractivity contribution in [1.29, 1.82) is 0 Å². The van der Waals surface area contributed by atoms with Gasteiger partial charge in [0, 0.05) is 0 Å². The van der Waals surface area contributed by atoms with Gasteiger partial charge in [-0.05, 0) is 12.8 Å². The van der Waals surface area contributed by atoms with E-state index in [1.165, 1.54) is 89.9 Å². The van der Waals surface area contributed by atoms with Gasteiger partial charge in [0.05, 0.1) is 14.1 Å². The van der Waals surface area contributed by atoms with Gasteiger partial charge in [-0.15, -0.1) is 0 Å². The van der Waals surface area contributed by atoms with Crippen LogP contribution in [0.3, 0.4) is 0 Å². The van der Waals surface area contributed by atoms with E-state index < -0.39 is 0 Å². The molecule has 0 aromatic heterocycles. The van der Waals surface area contributed by atoms with Crippen LogP contribution in [0.25, 0.3) is 0 Å². The van der Waals surface area contributed by atoms with E-state index in [-0.39, 0.29) is 4.65 Å². The van der Waals surface area contributed by atoms with Gasteiger partial charge in [-0.1, -0.05) is 90.4 Å². The molecule has 0 aromatic carbocycles. The summed E-state index contributed by atoms with van der Waals surface area (Å²) in [5.41, 5.74) is 0. The number of rotatable bonds is 16. The van der Waals surface area contributed by atoms with Crippen LogP contribution >= 0.6 is 0 Å². The van der Waals surface area contributed by atoms with Crippen molar-refractivity contribution in [3.8, 4) is 0 Å². The second kappa shape index (κ2) is 14.8. The summed E-state index contributed by atoms with van der Waals surface area (Å²) >= 11 is 0. The van der Waals surface area contributed by atoms with Crippen molar-refractivity contribution in [3.05, 3.63) is 0 Å². The fourth-order valence-corrected chi connectivity index (χ4v) is 2.87. The van der Waals surface area contributed by atoms with Gasteiger partial charge < -0.3 is 0 Å². The van der Waals surface area contributed by atoms with Gasteiger partial charge in [-0.25, -0.2) is 5.21 Å². The van der Waals surface area contributed by atoms with Gasteiger partial charge in [0.1, 0.15) is 6.54 Å². The largest absolute Gasteiger partial charge is 0.217 e. The van der Waals surface area contributed by atoms with E-state index >= 15 is 0 Å². The van der Waals surface area contributed by atoms with Crippen molar-refractivity contribution >= 4 is 0 Å². The van der Waals surface area contributed by atoms with Crippen LogP contribution in [0.4, 0.5) is 0 Å². The van der Waals surface area contributed by atoms with Crippen molar-refractivity contribution in [2.75, 3.05) is 20.6 Å². The molecule has 0 amide bonds. The summed E-state index contributed by atoms with van der Waals surface area (Å²) in [6.45, 7) is 3.17. The zero-order chi connectivity index (χ0) is 15.8. The maximum Gasteiger partial charge on any atom is 0.108 e. The third-order valence-electron chi connectivity index (χ3n) is 4.31. The molecule has 0 heterocycles. The number of hydrogen-bond acceptors (Lipinski definition) is 1. The maximum atomic E-state index is 9.56. The van der Waals surface area contributed by atoms with Crippen LogP contribution in [0.1, 0.15) is 103 Å². The third-order valence-corrected chi connectivity index (χ3v) is 4.31. The Morgan fingerprint density at radius 2 is 0.810 bits per heavy atom. The Morgan fingerprint density at radius 3 is 1.10 bits per heavy atom. The van der Waals surface area contributed by atoms with Crippen LogP contribution in [0, 0.1) is 0 Å². The summed E-state index contributed by atoms with van der Waals surface area (Å²) in [7, 11) is 3.70. The Balaban J connectivity index is 3.00. The molecule has 0 atom stereocenters. The minimum atomic E-state index is 0.123. The molecule has 2 nitrogen and oxygen atoms in total. The molecule has 0 unspecified atom stereocenters. The predicted molar refractivity (Wildman–Crippen MR) is 93.7 cm³/mol. The van der Waals surface area contributed by atoms with Crippen molar-refractivity contribution < 1.29 is 9.85 Å². The zero-order valence-electron chi connectivity index (χ0n) is 15.2. The summed E-state index contributed by atoms with van der Waals surface area (Å²) in [5, 5.41) is 9.56. The first-order valence-electron chi connectivity index (χ1n) is 9.62. The first-order chi connectivity index (χ1) is 10.1. The van der Waals surface area contributed by atoms with Crippen molar-refractivity contribution in [2.24, 2.45) is 0 Å². The average Bonchev–Trinajstić information content (AvgIpc) is 2.42. The van der Waals surface area contributed by atoms with E-state index in [1.807, 2.05) is 14.1 Å². The van der Waals surface area contributed by atoms with Crippen molar-refractivity contribution in [3.63, 3.8) is 0 Å². The molecule has 0 aliphatic carbocycles. The molecule has 0 aromatic rings. The molecule has 0 rings (SSSR count). The summed E-state index contributed by atoms with van der Waals surface area (Å²) < 4.78 is 0.123. The lowest BCUT2D eigenvalue weighted by Gasteiger charge is -2.18. The first-order valence-corrected chi connectivity index (χ1v) is 9.62. The molecule has 0 aliphatic heterocycles. The standard InChI is InChI=1S/C19H42NO/c1-4-5-6-7-8-9-10-11-12-13-14-15-16-17-18-19-20(2,3)21/h21H,4-19H2,1-3H3/q+1. The minimum absolute atomic E-state index is 0.123. The number of hydrogen-bond donors (Lipinski definition) is 1. The molecule has 128 valence electrons. The van der Waals surface area contributed by atoms with Crippen LogP contribution in [0.5, 0.6) is 0 Å². The first kappa shape index (κ1) is 20.9. The molecule has 2 heteroatoms. The van der Waals surface area contributed by atoms with E-state index in [9.17, 15) is 5.21 Å². The van der Waals surface area contributed by atoms with Gasteiger partial charge in [-0.3, -0.25) is 0 Å². The summed E-state index contributed by atoms with van der Waals surface area (Å²) in [4.78, 5) is 0. The molecule has 21 heavy (non-hydrogen) atoms. The highest BCUT2D eigenvalue weighted by atomic mass is 16.5. The van der Waals surface area contributed by atoms with E-state index in [0.717, 1.165) is 13.0 Å². The van der Waals surface area contributed by atoms with E-state index in [2.05, 4.69) is 6.92 Å². The van der Waals surface area contributed by atoms with Crippen molar-refractivity contribution in [1.82, 2.24) is 0 Å². The number of quaternary nitrogens is 1. The molecular weight excluding hydrogens is 258 g/mol. The highest BCUT2D eigenvalue weighted by Gasteiger charge is 2.08. The SMILES string of the molecule is CCCCCCCCCCCCCCCCC[N+](C)(C)O. The fraction of sp³-hybridized carbons (Fsp3) is 1.00. The quantitative estimate of drug-likeness (QED) is 0.201. The van der Waals surface area contributed by atoms with Crippen LogP contribution in [0.15, 0.2) is 0 Å². The lowest BCUT2D eigenvalue weighted by molar-refractivity contribution is -1.07. The average molecular weight is 301 g/mol. The Hall–Kier alpha value is -0.0800. The molecule has 0 fully saturated rings. The van der Waals surface area contributed by atoms with Crippen LogP contribution in [0.2, 0.25) is 0 Å². The van der Waals surface area contributed by atoms with Gasteiger partial charge >= 0.3 is 0 Å². The van der Waals surface area contributed by atoms with Crippen LogP contribution in [-0.4, -0.2) is 30.5 Å². The zero-order valence-corrected chi connectivity index (χ0v) is 15.2. The van der Waals surface area contributed by atoms with Crippen LogP contribution in [-0.2, 0) is 0 Å². The molecule has 0 spiro atoms. The molecule has 0 bridgehead atoms. The van der Waals surface area contributed by atoms with Crippen molar-refractivity contribution in [2.45, 2.75) is 103 Å².